The molecule has 0 atom stereocenters. The zero-order valence-electron chi connectivity index (χ0n) is 20.9. The van der Waals surface area contributed by atoms with Crippen molar-refractivity contribution in [3.8, 4) is 28.3 Å². The first kappa shape index (κ1) is 25.5. The first-order valence-corrected chi connectivity index (χ1v) is 12.0. The van der Waals surface area contributed by atoms with Gasteiger partial charge in [0.1, 0.15) is 5.84 Å². The van der Waals surface area contributed by atoms with Crippen molar-refractivity contribution in [2.75, 3.05) is 12.1 Å². The molecule has 6 nitrogen and oxygen atoms in total. The van der Waals surface area contributed by atoms with Gasteiger partial charge in [-0.05, 0) is 25.2 Å². The second-order valence-corrected chi connectivity index (χ2v) is 8.70. The molecule has 0 radical (unpaired) electrons. The molecule has 7 heteroatoms. The summed E-state index contributed by atoms with van der Waals surface area (Å²) in [4.78, 5) is 1.99. The quantitative estimate of drug-likeness (QED) is 0.194. The van der Waals surface area contributed by atoms with E-state index in [-0.39, 0.29) is 21.1 Å². The van der Waals surface area contributed by atoms with E-state index in [0.717, 1.165) is 39.6 Å². The molecule has 0 saturated carbocycles. The fourth-order valence-corrected chi connectivity index (χ4v) is 4.24. The summed E-state index contributed by atoms with van der Waals surface area (Å²) in [5.74, 6) is 2.02. The van der Waals surface area contributed by atoms with Crippen molar-refractivity contribution >= 4 is 11.5 Å². The Bertz CT molecular complexity index is 1570. The molecule has 0 aliphatic carbocycles. The van der Waals surface area contributed by atoms with Crippen LogP contribution in [0.2, 0.25) is 0 Å². The average molecular weight is 678 g/mol. The Morgan fingerprint density at radius 2 is 1.34 bits per heavy atom. The number of aryl methyl sites for hydroxylation is 1. The summed E-state index contributed by atoms with van der Waals surface area (Å²) in [5.41, 5.74) is 5.80. The van der Waals surface area contributed by atoms with Gasteiger partial charge in [0.15, 0.2) is 0 Å². The number of amidine groups is 1. The molecule has 192 valence electrons. The fraction of sp³-hybridized carbons (Fsp3) is 0.0645. The largest absolute Gasteiger partial charge is 0.509 e. The van der Waals surface area contributed by atoms with Crippen LogP contribution in [0.4, 0.5) is 5.69 Å². The third kappa shape index (κ3) is 5.27. The smallest absolute Gasteiger partial charge is 0.125 e. The van der Waals surface area contributed by atoms with E-state index >= 15 is 0 Å². The van der Waals surface area contributed by atoms with Crippen LogP contribution >= 0.6 is 0 Å². The number of rotatable bonds is 6. The van der Waals surface area contributed by atoms with E-state index in [1.54, 1.807) is 5.01 Å². The number of hydrazone groups is 1. The second-order valence-electron chi connectivity index (χ2n) is 8.70. The molecule has 0 bridgehead atoms. The summed E-state index contributed by atoms with van der Waals surface area (Å²) in [7, 11) is 1.98. The summed E-state index contributed by atoms with van der Waals surface area (Å²) in [5, 5.41) is 11.3. The Balaban J connectivity index is 0.00000294. The average Bonchev–Trinajstić information content (AvgIpc) is 3.53. The Kier molecular flexibility index (Phi) is 7.43. The zero-order valence-corrected chi connectivity index (χ0v) is 23.1. The van der Waals surface area contributed by atoms with Crippen molar-refractivity contribution in [1.29, 1.82) is 0 Å². The number of ether oxygens (including phenoxy) is 1. The van der Waals surface area contributed by atoms with Gasteiger partial charge in [-0.1, -0.05) is 66.4 Å². The number of anilines is 1. The summed E-state index contributed by atoms with van der Waals surface area (Å²) in [6.07, 6.45) is 2.02. The van der Waals surface area contributed by atoms with Gasteiger partial charge < -0.3 is 14.6 Å². The van der Waals surface area contributed by atoms with E-state index in [4.69, 9.17) is 14.9 Å². The van der Waals surface area contributed by atoms with Crippen LogP contribution in [0.1, 0.15) is 11.3 Å². The van der Waals surface area contributed by atoms with Gasteiger partial charge in [0.2, 0.25) is 0 Å². The number of benzene rings is 4. The van der Waals surface area contributed by atoms with Gasteiger partial charge in [0.25, 0.3) is 0 Å². The Labute approximate surface area is 237 Å². The van der Waals surface area contributed by atoms with Crippen LogP contribution in [0.5, 0.6) is 11.5 Å². The summed E-state index contributed by atoms with van der Waals surface area (Å²) >= 11 is 0. The van der Waals surface area contributed by atoms with E-state index in [0.29, 0.717) is 11.5 Å². The molecule has 1 aromatic heterocycles. The molecule has 4 aromatic carbocycles. The molecule has 0 fully saturated rings. The van der Waals surface area contributed by atoms with E-state index in [1.807, 2.05) is 121 Å². The molecule has 0 saturated heterocycles. The van der Waals surface area contributed by atoms with E-state index < -0.39 is 0 Å². The molecule has 38 heavy (non-hydrogen) atoms. The first-order valence-electron chi connectivity index (χ1n) is 12.0. The van der Waals surface area contributed by atoms with Crippen molar-refractivity contribution < 1.29 is 25.8 Å². The Hall–Kier alpha value is -4.15. The van der Waals surface area contributed by atoms with E-state index in [9.17, 15) is 0 Å². The van der Waals surface area contributed by atoms with Crippen LogP contribution < -0.4 is 9.75 Å². The van der Waals surface area contributed by atoms with Crippen LogP contribution in [0.25, 0.3) is 16.8 Å². The third-order valence-electron chi connectivity index (χ3n) is 6.05. The minimum absolute atomic E-state index is 0. The Morgan fingerprint density at radius 3 is 2.03 bits per heavy atom. The summed E-state index contributed by atoms with van der Waals surface area (Å²) in [6.45, 7) is 3.94. The molecule has 0 unspecified atom stereocenters. The summed E-state index contributed by atoms with van der Waals surface area (Å²) < 4.78 is 7.98. The van der Waals surface area contributed by atoms with Gasteiger partial charge in [0, 0.05) is 49.9 Å². The van der Waals surface area contributed by atoms with Gasteiger partial charge in [-0.2, -0.15) is 22.3 Å². The van der Waals surface area contributed by atoms with Crippen molar-refractivity contribution in [1.82, 2.24) is 14.7 Å². The standard InChI is InChI=1S/C31H24N5O.Pt/c1-23-30(24-11-5-3-6-12-24)21-35(32-23)26-15-9-17-28(19-26)37-29-18-10-16-27(20-29)36-22-34(2)31(33-36)25-13-7-4-8-14-25;/h3-18,21-22H,1-2H3;/q-3;. The maximum Gasteiger partial charge on any atom is 0.125 e. The number of hydrogen-bond acceptors (Lipinski definition) is 5. The molecule has 2 heterocycles. The number of nitrogens with zero attached hydrogens (tertiary/aromatic N) is 5. The van der Waals surface area contributed by atoms with Crippen LogP contribution in [0.15, 0.2) is 108 Å². The maximum atomic E-state index is 6.15. The second kappa shape index (κ2) is 11.1. The molecular formula is C31H24N5OPt-3. The van der Waals surface area contributed by atoms with E-state index in [1.165, 1.54) is 0 Å². The molecule has 1 aliphatic heterocycles. The van der Waals surface area contributed by atoms with Gasteiger partial charge >= 0.3 is 0 Å². The van der Waals surface area contributed by atoms with Crippen LogP contribution in [-0.2, 0) is 21.1 Å². The molecule has 0 amide bonds. The first-order chi connectivity index (χ1) is 18.1. The van der Waals surface area contributed by atoms with Gasteiger partial charge in [-0.15, -0.1) is 43.1 Å². The van der Waals surface area contributed by atoms with Crippen molar-refractivity contribution in [2.45, 2.75) is 6.92 Å². The molecule has 1 aliphatic rings. The summed E-state index contributed by atoms with van der Waals surface area (Å²) in [6, 6.07) is 38.5. The maximum absolute atomic E-state index is 6.15. The minimum atomic E-state index is 0. The number of hydrogen-bond donors (Lipinski definition) is 0. The minimum Gasteiger partial charge on any atom is -0.509 e. The molecule has 6 rings (SSSR count). The van der Waals surface area contributed by atoms with Crippen LogP contribution in [0.3, 0.4) is 0 Å². The monoisotopic (exact) mass is 677 g/mol. The SMILES string of the molecule is Cc1nn(-c2[c-]c(Oc3[c-]c(N4[CH-]N(C)C(c5ccccc5)=N4)ccc3)ccc2)cc1-c1ccccc1.[Pt]. The molecule has 0 spiro atoms. The van der Waals surface area contributed by atoms with Gasteiger partial charge in [0.05, 0.1) is 5.69 Å². The van der Waals surface area contributed by atoms with Crippen molar-refractivity contribution in [2.24, 2.45) is 5.10 Å². The fourth-order valence-electron chi connectivity index (χ4n) is 4.24. The topological polar surface area (TPSA) is 45.9 Å². The van der Waals surface area contributed by atoms with Crippen molar-refractivity contribution in [3.63, 3.8) is 0 Å². The van der Waals surface area contributed by atoms with E-state index in [2.05, 4.69) is 24.3 Å². The predicted octanol–water partition coefficient (Wildman–Crippen LogP) is 6.47. The number of aromatic nitrogens is 2. The zero-order chi connectivity index (χ0) is 25.2. The molecule has 0 N–H and O–H groups in total. The van der Waals surface area contributed by atoms with Crippen LogP contribution in [-0.4, -0.2) is 27.6 Å². The molecular weight excluding hydrogens is 653 g/mol. The predicted molar refractivity (Wildman–Crippen MR) is 145 cm³/mol. The normalized spacial score (nSPS) is 12.7. The van der Waals surface area contributed by atoms with Gasteiger partial charge in [-0.3, -0.25) is 4.68 Å². The third-order valence-corrected chi connectivity index (χ3v) is 6.05. The Morgan fingerprint density at radius 1 is 0.737 bits per heavy atom. The molecule has 5 aromatic rings. The van der Waals surface area contributed by atoms with Crippen molar-refractivity contribution in [3.05, 3.63) is 133 Å². The van der Waals surface area contributed by atoms with Crippen LogP contribution in [0, 0.1) is 25.7 Å². The van der Waals surface area contributed by atoms with Gasteiger partial charge in [-0.25, -0.2) is 0 Å².